The van der Waals surface area contributed by atoms with Crippen LogP contribution in [0.4, 0.5) is 4.39 Å². The molecule has 20 heavy (non-hydrogen) atoms. The van der Waals surface area contributed by atoms with E-state index in [0.717, 1.165) is 17.9 Å². The Morgan fingerprint density at radius 2 is 2.20 bits per heavy atom. The monoisotopic (exact) mass is 275 g/mol. The second-order valence-electron chi connectivity index (χ2n) is 6.26. The van der Waals surface area contributed by atoms with Gasteiger partial charge in [-0.15, -0.1) is 0 Å². The van der Waals surface area contributed by atoms with Crippen molar-refractivity contribution in [1.29, 1.82) is 0 Å². The molecule has 0 saturated heterocycles. The van der Waals surface area contributed by atoms with Crippen molar-refractivity contribution in [2.75, 3.05) is 6.54 Å². The van der Waals surface area contributed by atoms with E-state index in [0.29, 0.717) is 19.0 Å². The van der Waals surface area contributed by atoms with Crippen molar-refractivity contribution in [2.45, 2.75) is 39.2 Å². The molecule has 0 aliphatic heterocycles. The first-order valence-corrected chi connectivity index (χ1v) is 7.70. The third kappa shape index (κ3) is 2.58. The first kappa shape index (κ1) is 13.6. The maximum atomic E-state index is 13.2. The van der Waals surface area contributed by atoms with E-state index in [4.69, 9.17) is 0 Å². The van der Waals surface area contributed by atoms with E-state index in [9.17, 15) is 9.18 Å². The van der Waals surface area contributed by atoms with Crippen molar-refractivity contribution in [1.82, 2.24) is 4.90 Å². The van der Waals surface area contributed by atoms with E-state index in [2.05, 4.69) is 0 Å². The molecular weight excluding hydrogens is 253 g/mol. The average Bonchev–Trinajstić information content (AvgIpc) is 3.06. The van der Waals surface area contributed by atoms with E-state index in [1.54, 1.807) is 6.07 Å². The minimum absolute atomic E-state index is 0.224. The maximum Gasteiger partial charge on any atom is 0.226 e. The van der Waals surface area contributed by atoms with Gasteiger partial charge in [0.05, 0.1) is 0 Å². The first-order valence-electron chi connectivity index (χ1n) is 7.70. The topological polar surface area (TPSA) is 20.3 Å². The van der Waals surface area contributed by atoms with Crippen LogP contribution in [-0.4, -0.2) is 17.4 Å². The molecule has 3 unspecified atom stereocenters. The van der Waals surface area contributed by atoms with Crippen LogP contribution in [0.2, 0.25) is 0 Å². The molecule has 3 rings (SSSR count). The fraction of sp³-hybridized carbons (Fsp3) is 0.588. The zero-order chi connectivity index (χ0) is 14.1. The van der Waals surface area contributed by atoms with Crippen molar-refractivity contribution < 1.29 is 9.18 Å². The Balaban J connectivity index is 1.68. The number of hydrogen-bond donors (Lipinski definition) is 0. The fourth-order valence-electron chi connectivity index (χ4n) is 3.98. The summed E-state index contributed by atoms with van der Waals surface area (Å²) in [6, 6.07) is 6.56. The standard InChI is InChI=1S/C17H22FNO/c1-2-19(11-13-4-3-5-15(18)9-13)17(20)16-10-12-6-7-14(16)8-12/h3-5,9,12,14,16H,2,6-8,10-11H2,1H3. The molecule has 2 fully saturated rings. The number of carbonyl (C=O) groups is 1. The molecule has 1 aromatic carbocycles. The molecule has 3 atom stereocenters. The van der Waals surface area contributed by atoms with Crippen LogP contribution in [0.3, 0.4) is 0 Å². The van der Waals surface area contributed by atoms with Gasteiger partial charge in [-0.1, -0.05) is 18.6 Å². The zero-order valence-corrected chi connectivity index (χ0v) is 12.0. The van der Waals surface area contributed by atoms with Gasteiger partial charge in [-0.05, 0) is 55.7 Å². The second kappa shape index (κ2) is 5.55. The molecular formula is C17H22FNO. The smallest absolute Gasteiger partial charge is 0.226 e. The Morgan fingerprint density at radius 3 is 2.80 bits per heavy atom. The van der Waals surface area contributed by atoms with Gasteiger partial charge in [0, 0.05) is 19.0 Å². The normalized spacial score (nSPS) is 27.8. The van der Waals surface area contributed by atoms with Crippen LogP contribution >= 0.6 is 0 Å². The molecule has 0 aromatic heterocycles. The van der Waals surface area contributed by atoms with Crippen LogP contribution in [0, 0.1) is 23.6 Å². The summed E-state index contributed by atoms with van der Waals surface area (Å²) in [6.45, 7) is 3.23. The summed E-state index contributed by atoms with van der Waals surface area (Å²) in [6.07, 6.45) is 4.85. The van der Waals surface area contributed by atoms with E-state index >= 15 is 0 Å². The summed E-state index contributed by atoms with van der Waals surface area (Å²) in [5.74, 6) is 1.66. The average molecular weight is 275 g/mol. The molecule has 2 nitrogen and oxygen atoms in total. The predicted molar refractivity (Wildman–Crippen MR) is 76.4 cm³/mol. The lowest BCUT2D eigenvalue weighted by Crippen LogP contribution is -2.37. The van der Waals surface area contributed by atoms with E-state index in [-0.39, 0.29) is 17.6 Å². The van der Waals surface area contributed by atoms with Gasteiger partial charge in [-0.3, -0.25) is 4.79 Å². The van der Waals surface area contributed by atoms with Gasteiger partial charge < -0.3 is 4.90 Å². The molecule has 0 heterocycles. The van der Waals surface area contributed by atoms with Gasteiger partial charge in [0.15, 0.2) is 0 Å². The zero-order valence-electron chi connectivity index (χ0n) is 12.0. The first-order chi connectivity index (χ1) is 9.67. The highest BCUT2D eigenvalue weighted by atomic mass is 19.1. The molecule has 1 aromatic rings. The molecule has 0 spiro atoms. The highest BCUT2D eigenvalue weighted by Crippen LogP contribution is 2.48. The molecule has 2 aliphatic rings. The van der Waals surface area contributed by atoms with Gasteiger partial charge in [-0.2, -0.15) is 0 Å². The number of benzene rings is 1. The van der Waals surface area contributed by atoms with Gasteiger partial charge in [0.25, 0.3) is 0 Å². The lowest BCUT2D eigenvalue weighted by Gasteiger charge is -2.28. The molecule has 2 saturated carbocycles. The Morgan fingerprint density at radius 1 is 1.35 bits per heavy atom. The highest BCUT2D eigenvalue weighted by Gasteiger charge is 2.44. The predicted octanol–water partition coefficient (Wildman–Crippen LogP) is 3.61. The SMILES string of the molecule is CCN(Cc1cccc(F)c1)C(=O)C1CC2CCC1C2. The molecule has 0 radical (unpaired) electrons. The highest BCUT2D eigenvalue weighted by molar-refractivity contribution is 5.79. The van der Waals surface area contributed by atoms with Crippen molar-refractivity contribution >= 4 is 5.91 Å². The Kier molecular flexibility index (Phi) is 3.77. The van der Waals surface area contributed by atoms with Crippen molar-refractivity contribution in [3.8, 4) is 0 Å². The number of nitrogens with zero attached hydrogens (tertiary/aromatic N) is 1. The van der Waals surface area contributed by atoms with E-state index in [1.165, 1.54) is 31.4 Å². The van der Waals surface area contributed by atoms with Gasteiger partial charge >= 0.3 is 0 Å². The number of rotatable bonds is 4. The number of carbonyl (C=O) groups excluding carboxylic acids is 1. The Labute approximate surface area is 120 Å². The van der Waals surface area contributed by atoms with Crippen molar-refractivity contribution in [3.63, 3.8) is 0 Å². The lowest BCUT2D eigenvalue weighted by atomic mass is 9.87. The van der Waals surface area contributed by atoms with Crippen molar-refractivity contribution in [2.24, 2.45) is 17.8 Å². The minimum Gasteiger partial charge on any atom is -0.338 e. The summed E-state index contributed by atoms with van der Waals surface area (Å²) < 4.78 is 13.2. The Hall–Kier alpha value is -1.38. The van der Waals surface area contributed by atoms with Crippen LogP contribution in [0.15, 0.2) is 24.3 Å². The Bertz CT molecular complexity index is 502. The second-order valence-corrected chi connectivity index (χ2v) is 6.26. The quantitative estimate of drug-likeness (QED) is 0.822. The van der Waals surface area contributed by atoms with Crippen LogP contribution in [0.1, 0.15) is 38.2 Å². The number of hydrogen-bond acceptors (Lipinski definition) is 1. The summed E-state index contributed by atoms with van der Waals surface area (Å²) >= 11 is 0. The maximum absolute atomic E-state index is 13.2. The van der Waals surface area contributed by atoms with Crippen LogP contribution in [-0.2, 0) is 11.3 Å². The summed E-state index contributed by atoms with van der Waals surface area (Å²) in [5.41, 5.74) is 0.878. The van der Waals surface area contributed by atoms with Crippen LogP contribution < -0.4 is 0 Å². The lowest BCUT2D eigenvalue weighted by molar-refractivity contribution is -0.137. The summed E-state index contributed by atoms with van der Waals surface area (Å²) in [7, 11) is 0. The fourth-order valence-corrected chi connectivity index (χ4v) is 3.98. The minimum atomic E-state index is -0.231. The van der Waals surface area contributed by atoms with Gasteiger partial charge in [0.1, 0.15) is 5.82 Å². The number of fused-ring (bicyclic) bond motifs is 2. The van der Waals surface area contributed by atoms with E-state index in [1.807, 2.05) is 17.9 Å². The van der Waals surface area contributed by atoms with Crippen LogP contribution in [0.5, 0.6) is 0 Å². The number of halogens is 1. The molecule has 0 N–H and O–H groups in total. The third-order valence-electron chi connectivity index (χ3n) is 5.01. The van der Waals surface area contributed by atoms with Crippen molar-refractivity contribution in [3.05, 3.63) is 35.6 Å². The number of amides is 1. The van der Waals surface area contributed by atoms with Gasteiger partial charge in [-0.25, -0.2) is 4.39 Å². The molecule has 3 heteroatoms. The van der Waals surface area contributed by atoms with Gasteiger partial charge in [0.2, 0.25) is 5.91 Å². The molecule has 2 bridgehead atoms. The largest absolute Gasteiger partial charge is 0.338 e. The molecule has 2 aliphatic carbocycles. The molecule has 1 amide bonds. The summed E-state index contributed by atoms with van der Waals surface area (Å²) in [4.78, 5) is 14.6. The molecule has 108 valence electrons. The van der Waals surface area contributed by atoms with Crippen LogP contribution in [0.25, 0.3) is 0 Å². The summed E-state index contributed by atoms with van der Waals surface area (Å²) in [5, 5.41) is 0. The van der Waals surface area contributed by atoms with E-state index < -0.39 is 0 Å². The third-order valence-corrected chi connectivity index (χ3v) is 5.01.